The van der Waals surface area contributed by atoms with Gasteiger partial charge in [0, 0.05) is 6.54 Å². The van der Waals surface area contributed by atoms with Crippen LogP contribution in [-0.2, 0) is 16.0 Å². The van der Waals surface area contributed by atoms with E-state index in [1.807, 2.05) is 36.4 Å². The molecule has 0 amide bonds. The van der Waals surface area contributed by atoms with Gasteiger partial charge >= 0.3 is 0 Å². The molecule has 1 aliphatic carbocycles. The number of aryl methyl sites for hydroxylation is 1. The first-order valence-corrected chi connectivity index (χ1v) is 11.4. The molecule has 1 saturated carbocycles. The summed E-state index contributed by atoms with van der Waals surface area (Å²) in [6.07, 6.45) is 6.70. The SMILES string of the molecule is O=c1nc2n(c3ccccc13)CC/C2=C/c1ccc(OCC2CCC3OCOC3C2)cc1. The maximum absolute atomic E-state index is 12.5. The van der Waals surface area contributed by atoms with Crippen LogP contribution in [0.1, 0.15) is 37.1 Å². The number of benzene rings is 2. The molecule has 3 aliphatic rings. The first-order chi connectivity index (χ1) is 15.7. The van der Waals surface area contributed by atoms with Gasteiger partial charge in [-0.3, -0.25) is 4.79 Å². The number of hydrogen-bond acceptors (Lipinski definition) is 5. The number of ether oxygens (including phenoxy) is 3. The van der Waals surface area contributed by atoms with Gasteiger partial charge in [-0.05, 0) is 73.1 Å². The number of fused-ring (bicyclic) bond motifs is 4. The summed E-state index contributed by atoms with van der Waals surface area (Å²) in [5, 5.41) is 0.680. The van der Waals surface area contributed by atoms with Crippen molar-refractivity contribution < 1.29 is 14.2 Å². The molecular weight excluding hydrogens is 404 g/mol. The van der Waals surface area contributed by atoms with Gasteiger partial charge in [-0.1, -0.05) is 24.3 Å². The van der Waals surface area contributed by atoms with Crippen LogP contribution in [0.15, 0.2) is 53.3 Å². The van der Waals surface area contributed by atoms with Crippen molar-refractivity contribution in [1.29, 1.82) is 0 Å². The molecule has 0 radical (unpaired) electrons. The molecule has 1 aromatic heterocycles. The van der Waals surface area contributed by atoms with Gasteiger partial charge in [0.15, 0.2) is 0 Å². The van der Waals surface area contributed by atoms with Crippen molar-refractivity contribution in [1.82, 2.24) is 9.55 Å². The molecule has 0 N–H and O–H groups in total. The van der Waals surface area contributed by atoms with Gasteiger partial charge in [0.05, 0.1) is 29.7 Å². The van der Waals surface area contributed by atoms with Crippen LogP contribution in [0.2, 0.25) is 0 Å². The van der Waals surface area contributed by atoms with E-state index in [2.05, 4.69) is 27.8 Å². The fourth-order valence-electron chi connectivity index (χ4n) is 5.16. The molecule has 2 aliphatic heterocycles. The number of nitrogens with zero attached hydrogens (tertiary/aromatic N) is 2. The Morgan fingerprint density at radius 1 is 1.06 bits per heavy atom. The minimum atomic E-state index is -0.160. The maximum atomic E-state index is 12.5. The van der Waals surface area contributed by atoms with Crippen LogP contribution in [0.5, 0.6) is 5.75 Å². The molecular formula is C26H26N2O4. The van der Waals surface area contributed by atoms with E-state index in [0.29, 0.717) is 24.7 Å². The predicted octanol–water partition coefficient (Wildman–Crippen LogP) is 4.26. The second-order valence-corrected chi connectivity index (χ2v) is 8.92. The molecule has 6 heteroatoms. The molecule has 3 heterocycles. The summed E-state index contributed by atoms with van der Waals surface area (Å²) in [6.45, 7) is 1.99. The van der Waals surface area contributed by atoms with Crippen LogP contribution >= 0.6 is 0 Å². The average molecular weight is 431 g/mol. The topological polar surface area (TPSA) is 62.6 Å². The van der Waals surface area contributed by atoms with Crippen LogP contribution in [0.3, 0.4) is 0 Å². The third-order valence-corrected chi connectivity index (χ3v) is 6.89. The summed E-state index contributed by atoms with van der Waals surface area (Å²) in [5.41, 5.74) is 2.97. The van der Waals surface area contributed by atoms with E-state index in [1.54, 1.807) is 0 Å². The van der Waals surface area contributed by atoms with Crippen molar-refractivity contribution in [2.75, 3.05) is 13.4 Å². The largest absolute Gasteiger partial charge is 0.493 e. The lowest BCUT2D eigenvalue weighted by Gasteiger charge is -2.29. The van der Waals surface area contributed by atoms with Crippen molar-refractivity contribution in [3.05, 3.63) is 70.3 Å². The first kappa shape index (κ1) is 19.7. The Morgan fingerprint density at radius 2 is 1.91 bits per heavy atom. The van der Waals surface area contributed by atoms with Crippen LogP contribution < -0.4 is 10.3 Å². The van der Waals surface area contributed by atoms with E-state index in [1.165, 1.54) is 0 Å². The Kier molecular flexibility index (Phi) is 5.04. The molecule has 1 saturated heterocycles. The highest BCUT2D eigenvalue weighted by molar-refractivity contribution is 5.85. The van der Waals surface area contributed by atoms with Crippen LogP contribution in [0.25, 0.3) is 22.6 Å². The third-order valence-electron chi connectivity index (χ3n) is 6.89. The van der Waals surface area contributed by atoms with Crippen LogP contribution in [0, 0.1) is 5.92 Å². The van der Waals surface area contributed by atoms with Gasteiger partial charge in [0.1, 0.15) is 18.4 Å². The molecule has 32 heavy (non-hydrogen) atoms. The smallest absolute Gasteiger partial charge is 0.281 e. The third kappa shape index (κ3) is 3.63. The molecule has 2 fully saturated rings. The van der Waals surface area contributed by atoms with Gasteiger partial charge in [-0.2, -0.15) is 4.98 Å². The molecule has 0 spiro atoms. The Balaban J connectivity index is 1.15. The Bertz CT molecular complexity index is 1230. The van der Waals surface area contributed by atoms with Gasteiger partial charge in [0.25, 0.3) is 5.56 Å². The summed E-state index contributed by atoms with van der Waals surface area (Å²) < 4.78 is 19.5. The zero-order valence-electron chi connectivity index (χ0n) is 17.9. The lowest BCUT2D eigenvalue weighted by molar-refractivity contribution is 0.0378. The monoisotopic (exact) mass is 430 g/mol. The molecule has 3 unspecified atom stereocenters. The summed E-state index contributed by atoms with van der Waals surface area (Å²) in [6, 6.07) is 15.9. The predicted molar refractivity (Wildman–Crippen MR) is 122 cm³/mol. The minimum absolute atomic E-state index is 0.160. The highest BCUT2D eigenvalue weighted by Gasteiger charge is 2.36. The van der Waals surface area contributed by atoms with E-state index in [4.69, 9.17) is 14.2 Å². The Hall–Kier alpha value is -2.96. The standard InChI is InChI=1S/C26H26N2O4/c29-26-21-3-1-2-4-22(21)28-12-11-19(25(28)27-26)13-17-5-8-20(9-6-17)30-15-18-7-10-23-24(14-18)32-16-31-23/h1-6,8-9,13,18,23-24H,7,10-12,14-16H2/b19-13-. The highest BCUT2D eigenvalue weighted by Crippen LogP contribution is 2.33. The molecule has 164 valence electrons. The fraction of sp³-hybridized carbons (Fsp3) is 0.385. The van der Waals surface area contributed by atoms with E-state index in [9.17, 15) is 4.79 Å². The zero-order valence-corrected chi connectivity index (χ0v) is 17.9. The van der Waals surface area contributed by atoms with Crippen molar-refractivity contribution in [3.63, 3.8) is 0 Å². The van der Waals surface area contributed by atoms with Gasteiger partial charge in [0.2, 0.25) is 0 Å². The van der Waals surface area contributed by atoms with Crippen molar-refractivity contribution in [2.45, 2.75) is 44.4 Å². The zero-order chi connectivity index (χ0) is 21.5. The molecule has 6 nitrogen and oxygen atoms in total. The number of allylic oxidation sites excluding steroid dienone is 1. The Labute approximate surface area is 186 Å². The molecule has 0 bridgehead atoms. The molecule has 3 aromatic rings. The molecule has 2 aromatic carbocycles. The summed E-state index contributed by atoms with van der Waals surface area (Å²) in [4.78, 5) is 16.8. The lowest BCUT2D eigenvalue weighted by Crippen LogP contribution is -2.33. The van der Waals surface area contributed by atoms with E-state index in [-0.39, 0.29) is 17.8 Å². The Morgan fingerprint density at radius 3 is 2.81 bits per heavy atom. The quantitative estimate of drug-likeness (QED) is 0.619. The fourth-order valence-corrected chi connectivity index (χ4v) is 5.16. The number of aromatic nitrogens is 2. The molecule has 3 atom stereocenters. The molecule has 6 rings (SSSR count). The lowest BCUT2D eigenvalue weighted by atomic mass is 9.86. The summed E-state index contributed by atoms with van der Waals surface area (Å²) >= 11 is 0. The van der Waals surface area contributed by atoms with E-state index >= 15 is 0 Å². The summed E-state index contributed by atoms with van der Waals surface area (Å²) in [7, 11) is 0. The second kappa shape index (κ2) is 8.19. The van der Waals surface area contributed by atoms with Gasteiger partial charge < -0.3 is 18.8 Å². The second-order valence-electron chi connectivity index (χ2n) is 8.92. The number of hydrogen-bond donors (Lipinski definition) is 0. The number of para-hydroxylation sites is 1. The normalized spacial score (nSPS) is 25.8. The van der Waals surface area contributed by atoms with Crippen LogP contribution in [-0.4, -0.2) is 35.2 Å². The van der Waals surface area contributed by atoms with Crippen molar-refractivity contribution in [3.8, 4) is 5.75 Å². The number of rotatable bonds is 4. The van der Waals surface area contributed by atoms with E-state index in [0.717, 1.165) is 60.5 Å². The van der Waals surface area contributed by atoms with Gasteiger partial charge in [-0.15, -0.1) is 0 Å². The van der Waals surface area contributed by atoms with E-state index < -0.39 is 0 Å². The van der Waals surface area contributed by atoms with Crippen LogP contribution in [0.4, 0.5) is 0 Å². The van der Waals surface area contributed by atoms with Crippen molar-refractivity contribution >= 4 is 22.6 Å². The maximum Gasteiger partial charge on any atom is 0.281 e. The van der Waals surface area contributed by atoms with Gasteiger partial charge in [-0.25, -0.2) is 0 Å². The average Bonchev–Trinajstić information content (AvgIpc) is 3.46. The highest BCUT2D eigenvalue weighted by atomic mass is 16.7. The van der Waals surface area contributed by atoms with Crippen molar-refractivity contribution in [2.24, 2.45) is 5.92 Å². The minimum Gasteiger partial charge on any atom is -0.493 e. The summed E-state index contributed by atoms with van der Waals surface area (Å²) in [5.74, 6) is 2.17. The first-order valence-electron chi connectivity index (χ1n) is 11.4.